The number of nitrogens with one attached hydrogen (secondary N) is 1. The van der Waals surface area contributed by atoms with E-state index in [9.17, 15) is 8.42 Å². The van der Waals surface area contributed by atoms with Crippen LogP contribution in [0.5, 0.6) is 0 Å². The molecule has 0 heterocycles. The second-order valence-corrected chi connectivity index (χ2v) is 6.14. The summed E-state index contributed by atoms with van der Waals surface area (Å²) < 4.78 is 37.2. The van der Waals surface area contributed by atoms with Crippen molar-refractivity contribution in [2.75, 3.05) is 19.8 Å². The van der Waals surface area contributed by atoms with Crippen LogP contribution in [0.4, 0.5) is 0 Å². The molecule has 1 rings (SSSR count). The van der Waals surface area contributed by atoms with Gasteiger partial charge in [0, 0.05) is 19.8 Å². The summed E-state index contributed by atoms with van der Waals surface area (Å²) in [5, 5.41) is 0. The molecule has 0 atom stereocenters. The molecule has 21 heavy (non-hydrogen) atoms. The molecule has 6 heteroatoms. The zero-order valence-corrected chi connectivity index (χ0v) is 13.5. The maximum atomic E-state index is 12.0. The van der Waals surface area contributed by atoms with Crippen LogP contribution >= 0.6 is 0 Å². The Morgan fingerprint density at radius 2 is 1.71 bits per heavy atom. The van der Waals surface area contributed by atoms with Gasteiger partial charge in [0.1, 0.15) is 0 Å². The molecule has 0 amide bonds. The highest BCUT2D eigenvalue weighted by Crippen LogP contribution is 2.09. The van der Waals surface area contributed by atoms with Crippen molar-refractivity contribution >= 4 is 10.0 Å². The van der Waals surface area contributed by atoms with Gasteiger partial charge < -0.3 is 9.47 Å². The van der Waals surface area contributed by atoms with E-state index in [1.54, 1.807) is 36.4 Å². The lowest BCUT2D eigenvalue weighted by Gasteiger charge is -2.12. The van der Waals surface area contributed by atoms with E-state index in [-0.39, 0.29) is 11.4 Å². The van der Waals surface area contributed by atoms with Crippen molar-refractivity contribution in [1.82, 2.24) is 4.72 Å². The summed E-state index contributed by atoms with van der Waals surface area (Å²) in [6.45, 7) is 6.91. The first kappa shape index (κ1) is 17.8. The number of ether oxygens (including phenoxy) is 2. The molecule has 0 saturated heterocycles. The van der Waals surface area contributed by atoms with Gasteiger partial charge >= 0.3 is 0 Å². The summed E-state index contributed by atoms with van der Waals surface area (Å²) in [5.74, 6) is 0. The molecule has 0 bridgehead atoms. The van der Waals surface area contributed by atoms with Gasteiger partial charge in [-0.05, 0) is 39.0 Å². The summed E-state index contributed by atoms with van der Waals surface area (Å²) in [6.07, 6.45) is 2.94. The van der Waals surface area contributed by atoms with Crippen LogP contribution < -0.4 is 4.72 Å². The predicted octanol–water partition coefficient (Wildman–Crippen LogP) is 2.23. The topological polar surface area (TPSA) is 64.6 Å². The molecule has 0 aliphatic carbocycles. The third kappa shape index (κ3) is 6.39. The minimum absolute atomic E-state index is 0.187. The quantitative estimate of drug-likeness (QED) is 0.561. The molecule has 0 spiro atoms. The summed E-state index contributed by atoms with van der Waals surface area (Å²) in [4.78, 5) is 0.257. The van der Waals surface area contributed by atoms with Crippen LogP contribution in [-0.2, 0) is 19.5 Å². The Hall–Kier alpha value is -1.21. The highest BCUT2D eigenvalue weighted by Gasteiger charge is 2.11. The Labute approximate surface area is 127 Å². The second kappa shape index (κ2) is 8.94. The number of hydrogen-bond donors (Lipinski definition) is 1. The van der Waals surface area contributed by atoms with Crippen LogP contribution in [0, 0.1) is 6.92 Å². The Morgan fingerprint density at radius 3 is 2.24 bits per heavy atom. The van der Waals surface area contributed by atoms with E-state index >= 15 is 0 Å². The van der Waals surface area contributed by atoms with E-state index in [2.05, 4.69) is 4.72 Å². The second-order valence-electron chi connectivity index (χ2n) is 4.37. The van der Waals surface area contributed by atoms with Gasteiger partial charge in [-0.25, -0.2) is 13.1 Å². The highest BCUT2D eigenvalue weighted by molar-refractivity contribution is 7.89. The van der Waals surface area contributed by atoms with Crippen LogP contribution in [0.15, 0.2) is 41.3 Å². The smallest absolute Gasteiger partial charge is 0.240 e. The Balaban J connectivity index is 2.55. The van der Waals surface area contributed by atoms with Crippen LogP contribution in [0.3, 0.4) is 0 Å². The molecular weight excluding hydrogens is 290 g/mol. The van der Waals surface area contributed by atoms with Crippen molar-refractivity contribution in [3.05, 3.63) is 42.0 Å². The van der Waals surface area contributed by atoms with E-state index in [0.717, 1.165) is 5.56 Å². The zero-order chi connectivity index (χ0) is 15.7. The standard InChI is InChI=1S/C15H23NO4S/c1-4-19-15(20-5-2)7-6-12-16-21(17,18)14-10-8-13(3)9-11-14/h6-11,15-16H,4-5,12H2,1-3H3. The van der Waals surface area contributed by atoms with Crippen molar-refractivity contribution in [2.24, 2.45) is 0 Å². The molecule has 5 nitrogen and oxygen atoms in total. The average Bonchev–Trinajstić information content (AvgIpc) is 2.44. The van der Waals surface area contributed by atoms with Crippen LogP contribution in [0.25, 0.3) is 0 Å². The van der Waals surface area contributed by atoms with Gasteiger partial charge in [-0.15, -0.1) is 0 Å². The van der Waals surface area contributed by atoms with Gasteiger partial charge in [-0.2, -0.15) is 0 Å². The molecule has 0 fully saturated rings. The monoisotopic (exact) mass is 313 g/mol. The van der Waals surface area contributed by atoms with E-state index < -0.39 is 16.3 Å². The van der Waals surface area contributed by atoms with Gasteiger partial charge in [0.2, 0.25) is 10.0 Å². The first-order valence-electron chi connectivity index (χ1n) is 6.95. The van der Waals surface area contributed by atoms with Crippen molar-refractivity contribution in [1.29, 1.82) is 0 Å². The number of benzene rings is 1. The van der Waals surface area contributed by atoms with Gasteiger partial charge in [0.05, 0.1) is 4.90 Å². The predicted molar refractivity (Wildman–Crippen MR) is 82.5 cm³/mol. The SMILES string of the molecule is CCOC(C=CCNS(=O)(=O)c1ccc(C)cc1)OCC. The Kier molecular flexibility index (Phi) is 7.60. The normalized spacial score (nSPS) is 12.4. The lowest BCUT2D eigenvalue weighted by molar-refractivity contribution is -0.104. The largest absolute Gasteiger partial charge is 0.349 e. The molecule has 0 saturated carbocycles. The minimum atomic E-state index is -3.48. The highest BCUT2D eigenvalue weighted by atomic mass is 32.2. The number of sulfonamides is 1. The lowest BCUT2D eigenvalue weighted by atomic mass is 10.2. The van der Waals surface area contributed by atoms with Crippen LogP contribution in [0.1, 0.15) is 19.4 Å². The maximum Gasteiger partial charge on any atom is 0.240 e. The van der Waals surface area contributed by atoms with Gasteiger partial charge in [-0.1, -0.05) is 23.8 Å². The van der Waals surface area contributed by atoms with E-state index in [1.165, 1.54) is 0 Å². The zero-order valence-electron chi connectivity index (χ0n) is 12.7. The maximum absolute atomic E-state index is 12.0. The van der Waals surface area contributed by atoms with Gasteiger partial charge in [0.25, 0.3) is 0 Å². The summed E-state index contributed by atoms with van der Waals surface area (Å²) >= 11 is 0. The molecule has 1 aromatic rings. The van der Waals surface area contributed by atoms with Crippen molar-refractivity contribution in [2.45, 2.75) is 32.0 Å². The number of aryl methyl sites for hydroxylation is 1. The lowest BCUT2D eigenvalue weighted by Crippen LogP contribution is -2.24. The third-order valence-electron chi connectivity index (χ3n) is 2.68. The van der Waals surface area contributed by atoms with E-state index in [0.29, 0.717) is 13.2 Å². The summed E-state index contributed by atoms with van der Waals surface area (Å²) in [7, 11) is -3.48. The van der Waals surface area contributed by atoms with Crippen molar-refractivity contribution in [3.8, 4) is 0 Å². The van der Waals surface area contributed by atoms with Crippen LogP contribution in [-0.4, -0.2) is 34.5 Å². The molecular formula is C15H23NO4S. The Morgan fingerprint density at radius 1 is 1.14 bits per heavy atom. The number of rotatable bonds is 9. The minimum Gasteiger partial charge on any atom is -0.349 e. The van der Waals surface area contributed by atoms with Crippen LogP contribution in [0.2, 0.25) is 0 Å². The first-order valence-corrected chi connectivity index (χ1v) is 8.44. The fourth-order valence-corrected chi connectivity index (χ4v) is 2.60. The summed E-state index contributed by atoms with van der Waals surface area (Å²) in [5.41, 5.74) is 1.02. The molecule has 0 radical (unpaired) electrons. The molecule has 0 aromatic heterocycles. The van der Waals surface area contributed by atoms with Crippen molar-refractivity contribution < 1.29 is 17.9 Å². The summed E-state index contributed by atoms with van der Waals surface area (Å²) in [6, 6.07) is 6.71. The Bertz CT molecular complexity index is 531. The number of hydrogen-bond acceptors (Lipinski definition) is 4. The first-order chi connectivity index (χ1) is 9.99. The van der Waals surface area contributed by atoms with E-state index in [1.807, 2.05) is 20.8 Å². The average molecular weight is 313 g/mol. The molecule has 1 N–H and O–H groups in total. The fraction of sp³-hybridized carbons (Fsp3) is 0.467. The fourth-order valence-electron chi connectivity index (χ4n) is 1.63. The van der Waals surface area contributed by atoms with Gasteiger partial charge in [0.15, 0.2) is 6.29 Å². The molecule has 0 aliphatic rings. The molecule has 0 aliphatic heterocycles. The van der Waals surface area contributed by atoms with Gasteiger partial charge in [-0.3, -0.25) is 0 Å². The molecule has 118 valence electrons. The third-order valence-corrected chi connectivity index (χ3v) is 4.12. The molecule has 1 aromatic carbocycles. The van der Waals surface area contributed by atoms with E-state index in [4.69, 9.17) is 9.47 Å². The molecule has 0 unspecified atom stereocenters. The van der Waals surface area contributed by atoms with Crippen molar-refractivity contribution in [3.63, 3.8) is 0 Å².